The third-order valence-corrected chi connectivity index (χ3v) is 2.33. The van der Waals surface area contributed by atoms with Gasteiger partial charge in [0, 0.05) is 19.0 Å². The smallest absolute Gasteiger partial charge is 0.223 e. The molecule has 0 aromatic carbocycles. The first-order valence-corrected chi connectivity index (χ1v) is 5.40. The maximum absolute atomic E-state index is 11.4. The molecule has 1 fully saturated rings. The molecular weight excluding hydrogens is 162 g/mol. The second-order valence-corrected chi connectivity index (χ2v) is 3.78. The van der Waals surface area contributed by atoms with E-state index in [1.165, 1.54) is 6.42 Å². The summed E-state index contributed by atoms with van der Waals surface area (Å²) in [4.78, 5) is 13.3. The molecule has 1 amide bonds. The van der Waals surface area contributed by atoms with Gasteiger partial charge in [-0.3, -0.25) is 4.79 Å². The minimum absolute atomic E-state index is 0.332. The number of rotatable bonds is 1. The molecule has 1 aliphatic rings. The van der Waals surface area contributed by atoms with Gasteiger partial charge in [0.2, 0.25) is 5.91 Å². The van der Waals surface area contributed by atoms with Gasteiger partial charge in [-0.1, -0.05) is 20.8 Å². The summed E-state index contributed by atoms with van der Waals surface area (Å²) in [6, 6.07) is 0.384. The van der Waals surface area contributed by atoms with Crippen LogP contribution in [0.4, 0.5) is 0 Å². The normalized spacial score (nSPS) is 22.8. The van der Waals surface area contributed by atoms with Gasteiger partial charge < -0.3 is 4.90 Å². The van der Waals surface area contributed by atoms with Crippen LogP contribution < -0.4 is 0 Å². The van der Waals surface area contributed by atoms with Crippen LogP contribution in [0.25, 0.3) is 0 Å². The van der Waals surface area contributed by atoms with Crippen LogP contribution in [0.2, 0.25) is 0 Å². The molecule has 0 N–H and O–H groups in total. The highest BCUT2D eigenvalue weighted by molar-refractivity contribution is 5.77. The first-order valence-electron chi connectivity index (χ1n) is 5.40. The van der Waals surface area contributed by atoms with Gasteiger partial charge in [0.05, 0.1) is 0 Å². The summed E-state index contributed by atoms with van der Waals surface area (Å²) in [5, 5.41) is 0. The van der Waals surface area contributed by atoms with Gasteiger partial charge in [0.25, 0.3) is 0 Å². The summed E-state index contributed by atoms with van der Waals surface area (Å²) >= 11 is 0. The van der Waals surface area contributed by atoms with Gasteiger partial charge in [0.1, 0.15) is 0 Å². The number of amides is 1. The van der Waals surface area contributed by atoms with Gasteiger partial charge in [-0.15, -0.1) is 0 Å². The van der Waals surface area contributed by atoms with Crippen molar-refractivity contribution in [2.24, 2.45) is 5.92 Å². The summed E-state index contributed by atoms with van der Waals surface area (Å²) in [6.07, 6.45) is 1.92. The summed E-state index contributed by atoms with van der Waals surface area (Å²) in [5.74, 6) is 0.927. The standard InChI is InChI=1S/C9H17NO.C2H6/c1-7(2)10-5-4-8(3)6-9(10)11;1-2/h7-8H,4-6H2,1-3H3;1-2H3. The molecule has 0 spiro atoms. The first-order chi connectivity index (χ1) is 6.11. The summed E-state index contributed by atoms with van der Waals surface area (Å²) in [7, 11) is 0. The number of carbonyl (C=O) groups is 1. The maximum Gasteiger partial charge on any atom is 0.223 e. The number of hydrogen-bond donors (Lipinski definition) is 0. The summed E-state index contributed by atoms with van der Waals surface area (Å²) < 4.78 is 0. The number of nitrogens with zero attached hydrogens (tertiary/aromatic N) is 1. The minimum atomic E-state index is 0.332. The Labute approximate surface area is 82.3 Å². The second-order valence-electron chi connectivity index (χ2n) is 3.78. The summed E-state index contributed by atoms with van der Waals surface area (Å²) in [6.45, 7) is 11.3. The van der Waals surface area contributed by atoms with Crippen molar-refractivity contribution in [1.82, 2.24) is 4.90 Å². The Morgan fingerprint density at radius 2 is 1.92 bits per heavy atom. The van der Waals surface area contributed by atoms with Crippen molar-refractivity contribution in [1.29, 1.82) is 0 Å². The predicted octanol–water partition coefficient (Wildman–Crippen LogP) is 2.68. The minimum Gasteiger partial charge on any atom is -0.340 e. The molecule has 13 heavy (non-hydrogen) atoms. The Morgan fingerprint density at radius 3 is 2.31 bits per heavy atom. The molecule has 0 bridgehead atoms. The molecule has 0 aromatic heterocycles. The lowest BCUT2D eigenvalue weighted by Gasteiger charge is -2.33. The Bertz CT molecular complexity index is 154. The van der Waals surface area contributed by atoms with Crippen molar-refractivity contribution in [3.63, 3.8) is 0 Å². The van der Waals surface area contributed by atoms with E-state index < -0.39 is 0 Å². The lowest BCUT2D eigenvalue weighted by Crippen LogP contribution is -2.42. The molecule has 1 rings (SSSR count). The van der Waals surface area contributed by atoms with Crippen molar-refractivity contribution >= 4 is 5.91 Å². The van der Waals surface area contributed by atoms with E-state index in [1.54, 1.807) is 0 Å². The lowest BCUT2D eigenvalue weighted by molar-refractivity contribution is -0.136. The van der Waals surface area contributed by atoms with Crippen LogP contribution in [0.1, 0.15) is 47.5 Å². The van der Waals surface area contributed by atoms with Crippen LogP contribution in [-0.4, -0.2) is 23.4 Å². The Morgan fingerprint density at radius 1 is 1.38 bits per heavy atom. The molecule has 78 valence electrons. The van der Waals surface area contributed by atoms with E-state index in [-0.39, 0.29) is 0 Å². The predicted molar refractivity (Wildman–Crippen MR) is 56.6 cm³/mol. The van der Waals surface area contributed by atoms with Gasteiger partial charge in [-0.05, 0) is 26.2 Å². The molecule has 0 radical (unpaired) electrons. The van der Waals surface area contributed by atoms with Crippen molar-refractivity contribution in [2.45, 2.75) is 53.5 Å². The van der Waals surface area contributed by atoms with Crippen LogP contribution in [-0.2, 0) is 4.79 Å². The highest BCUT2D eigenvalue weighted by Gasteiger charge is 2.24. The second kappa shape index (κ2) is 6.01. The number of likely N-dealkylation sites (tertiary alicyclic amines) is 1. The molecule has 1 unspecified atom stereocenters. The fourth-order valence-electron chi connectivity index (χ4n) is 1.55. The van der Waals surface area contributed by atoms with Crippen molar-refractivity contribution in [2.75, 3.05) is 6.54 Å². The molecule has 2 nitrogen and oxygen atoms in total. The van der Waals surface area contributed by atoms with E-state index in [9.17, 15) is 4.79 Å². The van der Waals surface area contributed by atoms with E-state index in [0.717, 1.165) is 13.0 Å². The zero-order valence-electron chi connectivity index (χ0n) is 9.63. The Hall–Kier alpha value is -0.530. The zero-order chi connectivity index (χ0) is 10.4. The number of piperidine rings is 1. The molecular formula is C11H23NO. The molecule has 1 heterocycles. The Kier molecular flexibility index (Phi) is 5.76. The third-order valence-electron chi connectivity index (χ3n) is 2.33. The number of hydrogen-bond acceptors (Lipinski definition) is 1. The van der Waals surface area contributed by atoms with Crippen molar-refractivity contribution in [3.05, 3.63) is 0 Å². The SMILES string of the molecule is CC.CC1CCN(C(C)C)C(=O)C1. The monoisotopic (exact) mass is 185 g/mol. The molecule has 1 saturated heterocycles. The van der Waals surface area contributed by atoms with Crippen LogP contribution in [0.5, 0.6) is 0 Å². The molecule has 2 heteroatoms. The van der Waals surface area contributed by atoms with Gasteiger partial charge >= 0.3 is 0 Å². The van der Waals surface area contributed by atoms with E-state index in [1.807, 2.05) is 18.7 Å². The number of carbonyl (C=O) groups excluding carboxylic acids is 1. The largest absolute Gasteiger partial charge is 0.340 e. The fourth-order valence-corrected chi connectivity index (χ4v) is 1.55. The lowest BCUT2D eigenvalue weighted by atomic mass is 9.98. The van der Waals surface area contributed by atoms with Gasteiger partial charge in [-0.25, -0.2) is 0 Å². The zero-order valence-corrected chi connectivity index (χ0v) is 9.63. The van der Waals surface area contributed by atoms with E-state index in [2.05, 4.69) is 20.8 Å². The average molecular weight is 185 g/mol. The first kappa shape index (κ1) is 12.5. The quantitative estimate of drug-likeness (QED) is 0.615. The fraction of sp³-hybridized carbons (Fsp3) is 0.909. The Balaban J connectivity index is 0.000000671. The average Bonchev–Trinajstić information content (AvgIpc) is 2.07. The van der Waals surface area contributed by atoms with Crippen molar-refractivity contribution < 1.29 is 4.79 Å². The summed E-state index contributed by atoms with van der Waals surface area (Å²) in [5.41, 5.74) is 0. The van der Waals surface area contributed by atoms with Crippen molar-refractivity contribution in [3.8, 4) is 0 Å². The molecule has 0 aromatic rings. The molecule has 0 aliphatic carbocycles. The van der Waals surface area contributed by atoms with E-state index >= 15 is 0 Å². The third kappa shape index (κ3) is 3.79. The molecule has 1 atom stereocenters. The van der Waals surface area contributed by atoms with E-state index in [0.29, 0.717) is 17.9 Å². The molecule has 1 aliphatic heterocycles. The van der Waals surface area contributed by atoms with Crippen LogP contribution in [0.15, 0.2) is 0 Å². The highest BCUT2D eigenvalue weighted by atomic mass is 16.2. The van der Waals surface area contributed by atoms with Crippen LogP contribution >= 0.6 is 0 Å². The van der Waals surface area contributed by atoms with Crippen LogP contribution in [0.3, 0.4) is 0 Å². The van der Waals surface area contributed by atoms with E-state index in [4.69, 9.17) is 0 Å². The van der Waals surface area contributed by atoms with Crippen LogP contribution in [0, 0.1) is 5.92 Å². The highest BCUT2D eigenvalue weighted by Crippen LogP contribution is 2.18. The van der Waals surface area contributed by atoms with Gasteiger partial charge in [-0.2, -0.15) is 0 Å². The molecule has 0 saturated carbocycles. The topological polar surface area (TPSA) is 20.3 Å². The maximum atomic E-state index is 11.4. The van der Waals surface area contributed by atoms with Gasteiger partial charge in [0.15, 0.2) is 0 Å².